The van der Waals surface area contributed by atoms with Gasteiger partial charge in [-0.15, -0.1) is 0 Å². The lowest BCUT2D eigenvalue weighted by Crippen LogP contribution is -2.35. The topological polar surface area (TPSA) is 112 Å². The SMILES string of the molecule is Cc1cccc(Oc2ccc(-c3cnc4c(=O)n(CC(=O)O)c(=O)oc4c3)cc2)c1. The summed E-state index contributed by atoms with van der Waals surface area (Å²) in [5.74, 6) is -0.986. The highest BCUT2D eigenvalue weighted by Gasteiger charge is 2.14. The first-order chi connectivity index (χ1) is 14.4. The van der Waals surface area contributed by atoms with Gasteiger partial charge in [0, 0.05) is 11.8 Å². The Morgan fingerprint density at radius 2 is 1.83 bits per heavy atom. The number of hydrogen-bond acceptors (Lipinski definition) is 6. The van der Waals surface area contributed by atoms with Crippen molar-refractivity contribution in [3.8, 4) is 22.6 Å². The normalized spacial score (nSPS) is 10.8. The molecule has 0 saturated carbocycles. The fourth-order valence-corrected chi connectivity index (χ4v) is 3.00. The molecule has 0 amide bonds. The van der Waals surface area contributed by atoms with Crippen molar-refractivity contribution in [2.75, 3.05) is 0 Å². The number of aromatic nitrogens is 2. The maximum atomic E-state index is 12.3. The fraction of sp³-hybridized carbons (Fsp3) is 0.0909. The van der Waals surface area contributed by atoms with Crippen LogP contribution in [0.4, 0.5) is 0 Å². The molecule has 0 unspecified atom stereocenters. The van der Waals surface area contributed by atoms with Crippen LogP contribution in [-0.2, 0) is 11.3 Å². The van der Waals surface area contributed by atoms with Gasteiger partial charge in [-0.25, -0.2) is 14.3 Å². The number of carbonyl (C=O) groups is 1. The van der Waals surface area contributed by atoms with E-state index < -0.39 is 23.8 Å². The minimum absolute atomic E-state index is 0.00998. The van der Waals surface area contributed by atoms with Gasteiger partial charge < -0.3 is 14.3 Å². The van der Waals surface area contributed by atoms with E-state index >= 15 is 0 Å². The highest BCUT2D eigenvalue weighted by molar-refractivity contribution is 5.78. The van der Waals surface area contributed by atoms with Crippen molar-refractivity contribution >= 4 is 17.1 Å². The minimum atomic E-state index is -1.33. The molecule has 1 N–H and O–H groups in total. The fourth-order valence-electron chi connectivity index (χ4n) is 3.00. The zero-order valence-electron chi connectivity index (χ0n) is 15.9. The molecule has 8 heteroatoms. The van der Waals surface area contributed by atoms with Crippen LogP contribution in [0.2, 0.25) is 0 Å². The van der Waals surface area contributed by atoms with E-state index in [2.05, 4.69) is 4.98 Å². The Bertz CT molecular complexity index is 1370. The number of carboxylic acids is 1. The quantitative estimate of drug-likeness (QED) is 0.544. The summed E-state index contributed by atoms with van der Waals surface area (Å²) in [4.78, 5) is 39.2. The first-order valence-electron chi connectivity index (χ1n) is 9.01. The predicted molar refractivity (Wildman–Crippen MR) is 109 cm³/mol. The van der Waals surface area contributed by atoms with E-state index in [-0.39, 0.29) is 11.1 Å². The number of aliphatic carboxylic acids is 1. The maximum absolute atomic E-state index is 12.3. The van der Waals surface area contributed by atoms with E-state index in [4.69, 9.17) is 14.3 Å². The molecule has 30 heavy (non-hydrogen) atoms. The third kappa shape index (κ3) is 3.83. The van der Waals surface area contributed by atoms with Gasteiger partial charge in [-0.1, -0.05) is 24.3 Å². The molecule has 2 aromatic heterocycles. The Kier molecular flexibility index (Phi) is 4.89. The number of ether oxygens (including phenoxy) is 1. The maximum Gasteiger partial charge on any atom is 0.422 e. The van der Waals surface area contributed by atoms with Crippen molar-refractivity contribution in [2.45, 2.75) is 13.5 Å². The van der Waals surface area contributed by atoms with Gasteiger partial charge in [0.1, 0.15) is 18.0 Å². The van der Waals surface area contributed by atoms with Crippen molar-refractivity contribution in [3.05, 3.63) is 87.3 Å². The van der Waals surface area contributed by atoms with Crippen LogP contribution in [-0.4, -0.2) is 20.6 Å². The molecule has 0 fully saturated rings. The highest BCUT2D eigenvalue weighted by atomic mass is 16.5. The molecule has 0 aliphatic carbocycles. The van der Waals surface area contributed by atoms with Crippen LogP contribution in [0.15, 0.2) is 74.8 Å². The van der Waals surface area contributed by atoms with Crippen molar-refractivity contribution < 1.29 is 19.1 Å². The number of hydrogen-bond donors (Lipinski definition) is 1. The summed E-state index contributed by atoms with van der Waals surface area (Å²) in [6.45, 7) is 1.19. The second kappa shape index (κ2) is 7.67. The summed E-state index contributed by atoms with van der Waals surface area (Å²) in [5.41, 5.74) is 1.57. The second-order valence-electron chi connectivity index (χ2n) is 6.67. The molecule has 0 saturated heterocycles. The van der Waals surface area contributed by atoms with Gasteiger partial charge in [-0.05, 0) is 48.4 Å². The molecule has 0 aliphatic heterocycles. The number of pyridine rings is 1. The summed E-state index contributed by atoms with van der Waals surface area (Å²) in [7, 11) is 0. The number of benzene rings is 2. The highest BCUT2D eigenvalue weighted by Crippen LogP contribution is 2.27. The molecule has 150 valence electrons. The van der Waals surface area contributed by atoms with E-state index in [0.29, 0.717) is 15.9 Å². The van der Waals surface area contributed by atoms with E-state index in [9.17, 15) is 14.4 Å². The molecule has 0 atom stereocenters. The molecule has 0 radical (unpaired) electrons. The molecule has 4 rings (SSSR count). The smallest absolute Gasteiger partial charge is 0.422 e. The van der Waals surface area contributed by atoms with E-state index in [1.54, 1.807) is 12.1 Å². The van der Waals surface area contributed by atoms with Gasteiger partial charge >= 0.3 is 11.7 Å². The van der Waals surface area contributed by atoms with Crippen LogP contribution in [0.1, 0.15) is 5.56 Å². The summed E-state index contributed by atoms with van der Waals surface area (Å²) in [6, 6.07) is 16.4. The average molecular weight is 404 g/mol. The number of rotatable bonds is 5. The Morgan fingerprint density at radius 1 is 1.07 bits per heavy atom. The summed E-state index contributed by atoms with van der Waals surface area (Å²) < 4.78 is 11.4. The standard InChI is InChI=1S/C22H16N2O6/c1-13-3-2-4-17(9-13)29-16-7-5-14(6-8-16)15-10-18-20(23-11-15)21(27)24(12-19(25)26)22(28)30-18/h2-11H,12H2,1H3,(H,25,26). The molecule has 0 aliphatic rings. The van der Waals surface area contributed by atoms with Gasteiger partial charge in [0.15, 0.2) is 11.1 Å². The first kappa shape index (κ1) is 19.1. The molecule has 0 bridgehead atoms. The van der Waals surface area contributed by atoms with Crippen LogP contribution in [0.25, 0.3) is 22.2 Å². The molecule has 2 aromatic carbocycles. The Hall–Kier alpha value is -4.20. The molecule has 4 aromatic rings. The number of carboxylic acid groups (broad SMARTS) is 1. The third-order valence-electron chi connectivity index (χ3n) is 4.42. The monoisotopic (exact) mass is 404 g/mol. The lowest BCUT2D eigenvalue weighted by molar-refractivity contribution is -0.137. The van der Waals surface area contributed by atoms with Gasteiger partial charge in [0.05, 0.1) is 0 Å². The van der Waals surface area contributed by atoms with E-state index in [1.807, 2.05) is 43.3 Å². The van der Waals surface area contributed by atoms with Crippen molar-refractivity contribution in [1.82, 2.24) is 9.55 Å². The van der Waals surface area contributed by atoms with Crippen LogP contribution in [0.5, 0.6) is 11.5 Å². The Labute approximate surface area is 169 Å². The molecular weight excluding hydrogens is 388 g/mol. The number of fused-ring (bicyclic) bond motifs is 1. The van der Waals surface area contributed by atoms with Crippen molar-refractivity contribution in [3.63, 3.8) is 0 Å². The van der Waals surface area contributed by atoms with Crippen molar-refractivity contribution in [1.29, 1.82) is 0 Å². The van der Waals surface area contributed by atoms with Crippen molar-refractivity contribution in [2.24, 2.45) is 0 Å². The molecule has 0 spiro atoms. The lowest BCUT2D eigenvalue weighted by atomic mass is 10.1. The van der Waals surface area contributed by atoms with Gasteiger partial charge in [0.25, 0.3) is 5.56 Å². The first-order valence-corrected chi connectivity index (χ1v) is 9.01. The zero-order chi connectivity index (χ0) is 21.3. The van der Waals surface area contributed by atoms with Crippen LogP contribution >= 0.6 is 0 Å². The Morgan fingerprint density at radius 3 is 2.53 bits per heavy atom. The number of nitrogens with zero attached hydrogens (tertiary/aromatic N) is 2. The minimum Gasteiger partial charge on any atom is -0.480 e. The van der Waals surface area contributed by atoms with Gasteiger partial charge in [-0.3, -0.25) is 9.59 Å². The largest absolute Gasteiger partial charge is 0.480 e. The third-order valence-corrected chi connectivity index (χ3v) is 4.42. The Balaban J connectivity index is 1.65. The van der Waals surface area contributed by atoms with Gasteiger partial charge in [0.2, 0.25) is 0 Å². The molecule has 8 nitrogen and oxygen atoms in total. The lowest BCUT2D eigenvalue weighted by Gasteiger charge is -2.08. The summed E-state index contributed by atoms with van der Waals surface area (Å²) in [5, 5.41) is 8.84. The molecular formula is C22H16N2O6. The second-order valence-corrected chi connectivity index (χ2v) is 6.67. The predicted octanol–water partition coefficient (Wildman–Crippen LogP) is 3.20. The van der Waals surface area contributed by atoms with Crippen LogP contribution in [0, 0.1) is 6.92 Å². The average Bonchev–Trinajstić information content (AvgIpc) is 2.71. The van der Waals surface area contributed by atoms with E-state index in [0.717, 1.165) is 16.9 Å². The van der Waals surface area contributed by atoms with Crippen LogP contribution in [0.3, 0.4) is 0 Å². The number of aryl methyl sites for hydroxylation is 1. The zero-order valence-corrected chi connectivity index (χ0v) is 15.9. The van der Waals surface area contributed by atoms with Gasteiger partial charge in [-0.2, -0.15) is 0 Å². The van der Waals surface area contributed by atoms with E-state index in [1.165, 1.54) is 12.3 Å². The summed E-state index contributed by atoms with van der Waals surface area (Å²) in [6.07, 6.45) is 1.46. The molecule has 2 heterocycles. The van der Waals surface area contributed by atoms with Crippen LogP contribution < -0.4 is 16.1 Å². The summed E-state index contributed by atoms with van der Waals surface area (Å²) >= 11 is 0.